The highest BCUT2D eigenvalue weighted by atomic mass is 16.4. The van der Waals surface area contributed by atoms with E-state index in [1.807, 2.05) is 0 Å². The molecule has 0 saturated carbocycles. The van der Waals surface area contributed by atoms with Crippen LogP contribution >= 0.6 is 0 Å². The number of aryl methyl sites for hydroxylation is 1. The molecule has 0 aromatic carbocycles. The van der Waals surface area contributed by atoms with E-state index in [1.54, 1.807) is 6.07 Å². The summed E-state index contributed by atoms with van der Waals surface area (Å²) in [5, 5.41) is 8.37. The number of hydrogen-bond acceptors (Lipinski definition) is 4. The highest BCUT2D eigenvalue weighted by molar-refractivity contribution is 5.66. The maximum atomic E-state index is 10.2. The molecule has 64 valence electrons. The minimum absolute atomic E-state index is 0.0659. The molecular weight excluding hydrogens is 158 g/mol. The summed E-state index contributed by atoms with van der Waals surface area (Å²) < 4.78 is 0. The number of carbonyl (C=O) groups is 1. The molecule has 5 nitrogen and oxygen atoms in total. The van der Waals surface area contributed by atoms with E-state index < -0.39 is 5.97 Å². The minimum atomic E-state index is -0.841. The van der Waals surface area contributed by atoms with Crippen LogP contribution in [0, 0.1) is 0 Å². The fourth-order valence-corrected chi connectivity index (χ4v) is 0.787. The maximum absolute atomic E-state index is 10.2. The average molecular weight is 167 g/mol. The summed E-state index contributed by atoms with van der Waals surface area (Å²) in [4.78, 5) is 17.7. The van der Waals surface area contributed by atoms with E-state index in [-0.39, 0.29) is 12.4 Å². The number of nitrogen functional groups attached to an aromatic ring is 1. The lowest BCUT2D eigenvalue weighted by molar-refractivity contribution is -0.136. The smallest absolute Gasteiger partial charge is 0.303 e. The Morgan fingerprint density at radius 1 is 1.67 bits per heavy atom. The number of aliphatic carboxylic acids is 1. The van der Waals surface area contributed by atoms with E-state index in [2.05, 4.69) is 9.97 Å². The average Bonchev–Trinajstić information content (AvgIpc) is 2.01. The van der Waals surface area contributed by atoms with Crippen molar-refractivity contribution in [1.29, 1.82) is 0 Å². The van der Waals surface area contributed by atoms with Crippen LogP contribution in [0.4, 0.5) is 5.95 Å². The molecule has 1 heterocycles. The third-order valence-corrected chi connectivity index (χ3v) is 1.33. The van der Waals surface area contributed by atoms with Crippen LogP contribution in [-0.2, 0) is 11.2 Å². The number of nitrogens with zero attached hydrogens (tertiary/aromatic N) is 2. The minimum Gasteiger partial charge on any atom is -0.481 e. The van der Waals surface area contributed by atoms with Gasteiger partial charge in [0.1, 0.15) is 0 Å². The van der Waals surface area contributed by atoms with Gasteiger partial charge in [0.2, 0.25) is 5.95 Å². The molecule has 5 heteroatoms. The molecule has 1 rings (SSSR count). The van der Waals surface area contributed by atoms with Crippen LogP contribution in [0.1, 0.15) is 12.1 Å². The van der Waals surface area contributed by atoms with Gasteiger partial charge in [-0.05, 0) is 6.07 Å². The first kappa shape index (κ1) is 8.45. The lowest BCUT2D eigenvalue weighted by Gasteiger charge is -1.97. The van der Waals surface area contributed by atoms with Gasteiger partial charge in [0, 0.05) is 18.3 Å². The number of rotatable bonds is 3. The van der Waals surface area contributed by atoms with E-state index in [4.69, 9.17) is 10.8 Å². The summed E-state index contributed by atoms with van der Waals surface area (Å²) in [6, 6.07) is 1.65. The van der Waals surface area contributed by atoms with Gasteiger partial charge in [-0.2, -0.15) is 0 Å². The van der Waals surface area contributed by atoms with Crippen molar-refractivity contribution in [3.05, 3.63) is 18.0 Å². The van der Waals surface area contributed by atoms with Crippen molar-refractivity contribution in [2.45, 2.75) is 12.8 Å². The molecule has 0 spiro atoms. The monoisotopic (exact) mass is 167 g/mol. The van der Waals surface area contributed by atoms with Gasteiger partial charge < -0.3 is 10.8 Å². The van der Waals surface area contributed by atoms with Crippen molar-refractivity contribution in [2.24, 2.45) is 0 Å². The van der Waals surface area contributed by atoms with Gasteiger partial charge in [0.15, 0.2) is 0 Å². The van der Waals surface area contributed by atoms with Gasteiger partial charge in [0.05, 0.1) is 6.42 Å². The lowest BCUT2D eigenvalue weighted by Crippen LogP contribution is -2.02. The quantitative estimate of drug-likeness (QED) is 0.665. The van der Waals surface area contributed by atoms with Crippen molar-refractivity contribution < 1.29 is 9.90 Å². The summed E-state index contributed by atoms with van der Waals surface area (Å²) in [7, 11) is 0. The molecule has 3 N–H and O–H groups in total. The van der Waals surface area contributed by atoms with Crippen molar-refractivity contribution in [1.82, 2.24) is 9.97 Å². The molecule has 0 amide bonds. The molecule has 0 radical (unpaired) electrons. The Labute approximate surface area is 69.3 Å². The number of aromatic nitrogens is 2. The van der Waals surface area contributed by atoms with Crippen molar-refractivity contribution in [3.8, 4) is 0 Å². The molecule has 0 bridgehead atoms. The first-order valence-corrected chi connectivity index (χ1v) is 3.47. The van der Waals surface area contributed by atoms with Crippen LogP contribution < -0.4 is 5.73 Å². The zero-order valence-electron chi connectivity index (χ0n) is 6.40. The molecule has 0 fully saturated rings. The summed E-state index contributed by atoms with van der Waals surface area (Å²) in [6.07, 6.45) is 1.97. The SMILES string of the molecule is Nc1nccc(CCC(=O)O)n1. The van der Waals surface area contributed by atoms with Gasteiger partial charge in [-0.1, -0.05) is 0 Å². The number of nitrogens with two attached hydrogens (primary N) is 1. The number of carboxylic acids is 1. The van der Waals surface area contributed by atoms with Crippen LogP contribution in [0.25, 0.3) is 0 Å². The first-order valence-electron chi connectivity index (χ1n) is 3.47. The highest BCUT2D eigenvalue weighted by Gasteiger charge is 2.00. The van der Waals surface area contributed by atoms with E-state index in [0.717, 1.165) is 0 Å². The van der Waals surface area contributed by atoms with Crippen LogP contribution in [-0.4, -0.2) is 21.0 Å². The zero-order valence-corrected chi connectivity index (χ0v) is 6.40. The second-order valence-electron chi connectivity index (χ2n) is 2.30. The van der Waals surface area contributed by atoms with E-state index in [0.29, 0.717) is 12.1 Å². The van der Waals surface area contributed by atoms with Crippen molar-refractivity contribution in [3.63, 3.8) is 0 Å². The molecule has 0 aliphatic heterocycles. The van der Waals surface area contributed by atoms with Crippen LogP contribution in [0.3, 0.4) is 0 Å². The molecule has 0 saturated heterocycles. The summed E-state index contributed by atoms with van der Waals surface area (Å²) in [5.74, 6) is -0.662. The predicted octanol–water partition coefficient (Wildman–Crippen LogP) is 0.0760. The predicted molar refractivity (Wildman–Crippen MR) is 42.4 cm³/mol. The number of anilines is 1. The Bertz CT molecular complexity index is 288. The van der Waals surface area contributed by atoms with E-state index in [1.165, 1.54) is 6.20 Å². The normalized spacial score (nSPS) is 9.67. The van der Waals surface area contributed by atoms with Crippen LogP contribution in [0.2, 0.25) is 0 Å². The summed E-state index contributed by atoms with van der Waals surface area (Å²) in [5.41, 5.74) is 5.95. The second kappa shape index (κ2) is 3.66. The van der Waals surface area contributed by atoms with Gasteiger partial charge in [-0.15, -0.1) is 0 Å². The number of hydrogen-bond donors (Lipinski definition) is 2. The number of carboxylic acid groups (broad SMARTS) is 1. The molecule has 12 heavy (non-hydrogen) atoms. The molecule has 1 aromatic heterocycles. The Morgan fingerprint density at radius 2 is 2.42 bits per heavy atom. The van der Waals surface area contributed by atoms with Gasteiger partial charge >= 0.3 is 5.97 Å². The van der Waals surface area contributed by atoms with Gasteiger partial charge in [-0.3, -0.25) is 4.79 Å². The van der Waals surface area contributed by atoms with Gasteiger partial charge in [-0.25, -0.2) is 9.97 Å². The molecule has 0 aliphatic rings. The van der Waals surface area contributed by atoms with Crippen molar-refractivity contribution >= 4 is 11.9 Å². The topological polar surface area (TPSA) is 89.1 Å². The van der Waals surface area contributed by atoms with Crippen molar-refractivity contribution in [2.75, 3.05) is 5.73 Å². The third kappa shape index (κ3) is 2.53. The van der Waals surface area contributed by atoms with E-state index in [9.17, 15) is 4.79 Å². The van der Waals surface area contributed by atoms with Crippen LogP contribution in [0.5, 0.6) is 0 Å². The zero-order chi connectivity index (χ0) is 8.97. The Morgan fingerprint density at radius 3 is 3.00 bits per heavy atom. The summed E-state index contributed by atoms with van der Waals surface area (Å²) >= 11 is 0. The third-order valence-electron chi connectivity index (χ3n) is 1.33. The second-order valence-corrected chi connectivity index (χ2v) is 2.30. The highest BCUT2D eigenvalue weighted by Crippen LogP contribution is 1.99. The summed E-state index contributed by atoms with van der Waals surface area (Å²) in [6.45, 7) is 0. The van der Waals surface area contributed by atoms with Crippen LogP contribution in [0.15, 0.2) is 12.3 Å². The Kier molecular flexibility index (Phi) is 2.57. The molecule has 0 unspecified atom stereocenters. The lowest BCUT2D eigenvalue weighted by atomic mass is 10.2. The molecule has 0 atom stereocenters. The molecule has 1 aromatic rings. The maximum Gasteiger partial charge on any atom is 0.303 e. The van der Waals surface area contributed by atoms with Gasteiger partial charge in [0.25, 0.3) is 0 Å². The standard InChI is InChI=1S/C7H9N3O2/c8-7-9-4-3-5(10-7)1-2-6(11)12/h3-4H,1-2H2,(H,11,12)(H2,8,9,10). The molecular formula is C7H9N3O2. The Balaban J connectivity index is 2.57. The molecule has 0 aliphatic carbocycles. The fourth-order valence-electron chi connectivity index (χ4n) is 0.787. The first-order chi connectivity index (χ1) is 5.68. The Hall–Kier alpha value is -1.65. The largest absolute Gasteiger partial charge is 0.481 e. The van der Waals surface area contributed by atoms with E-state index >= 15 is 0 Å². The fraction of sp³-hybridized carbons (Fsp3) is 0.286.